The van der Waals surface area contributed by atoms with E-state index < -0.39 is 11.0 Å². The van der Waals surface area contributed by atoms with Crippen molar-refractivity contribution in [2.24, 2.45) is 0 Å². The van der Waals surface area contributed by atoms with Gasteiger partial charge in [0.2, 0.25) is 0 Å². The van der Waals surface area contributed by atoms with Crippen molar-refractivity contribution in [3.8, 4) is 5.75 Å². The summed E-state index contributed by atoms with van der Waals surface area (Å²) >= 11 is 0. The molecule has 0 aromatic heterocycles. The summed E-state index contributed by atoms with van der Waals surface area (Å²) in [7, 11) is 1.37. The van der Waals surface area contributed by atoms with Gasteiger partial charge in [-0.1, -0.05) is 6.07 Å². The van der Waals surface area contributed by atoms with Crippen molar-refractivity contribution >= 4 is 5.69 Å². The second kappa shape index (κ2) is 4.42. The maximum Gasteiger partial charge on any atom is 0.321 e. The van der Waals surface area contributed by atoms with E-state index in [0.717, 1.165) is 0 Å². The first-order valence-corrected chi connectivity index (χ1v) is 4.29. The van der Waals surface area contributed by atoms with Crippen molar-refractivity contribution in [1.29, 1.82) is 0 Å². The third kappa shape index (κ3) is 2.05. The van der Waals surface area contributed by atoms with Gasteiger partial charge >= 0.3 is 5.69 Å². The van der Waals surface area contributed by atoms with Gasteiger partial charge in [0.1, 0.15) is 5.56 Å². The number of benzene rings is 1. The van der Waals surface area contributed by atoms with Crippen LogP contribution in [0.1, 0.15) is 18.5 Å². The Bertz CT molecular complexity index is 423. The van der Waals surface area contributed by atoms with E-state index in [1.54, 1.807) is 19.1 Å². The second-order valence-electron chi connectivity index (χ2n) is 2.96. The maximum atomic E-state index is 10.8. The third-order valence-corrected chi connectivity index (χ3v) is 2.08. The van der Waals surface area contributed by atoms with Gasteiger partial charge in [-0.15, -0.1) is 0 Å². The highest BCUT2D eigenvalue weighted by Gasteiger charge is 2.26. The van der Waals surface area contributed by atoms with Crippen LogP contribution in [0.5, 0.6) is 5.75 Å². The standard InChI is InChI=1S/C10H10N2O3/c1-7(11-2)8-5-4-6-9(15-3)10(8)12(13)14/h4-7H,1,3H3. The lowest BCUT2D eigenvalue weighted by atomic mass is 10.1. The molecular formula is C10H10N2O3. The molecule has 1 aromatic carbocycles. The summed E-state index contributed by atoms with van der Waals surface area (Å²) < 4.78 is 4.90. The number of para-hydroxylation sites is 1. The van der Waals surface area contributed by atoms with Crippen LogP contribution >= 0.6 is 0 Å². The van der Waals surface area contributed by atoms with Gasteiger partial charge < -0.3 is 9.58 Å². The summed E-state index contributed by atoms with van der Waals surface area (Å²) in [5.74, 6) is 0.188. The second-order valence-corrected chi connectivity index (χ2v) is 2.96. The van der Waals surface area contributed by atoms with Gasteiger partial charge in [-0.2, -0.15) is 0 Å². The molecule has 5 heteroatoms. The van der Waals surface area contributed by atoms with Gasteiger partial charge in [0.15, 0.2) is 5.75 Å². The number of ether oxygens (including phenoxy) is 1. The molecule has 1 aromatic rings. The Labute approximate surface area is 87.3 Å². The smallest absolute Gasteiger partial charge is 0.321 e. The summed E-state index contributed by atoms with van der Waals surface area (Å²) in [5.41, 5.74) is 0.262. The molecule has 78 valence electrons. The fourth-order valence-corrected chi connectivity index (χ4v) is 1.31. The zero-order valence-electron chi connectivity index (χ0n) is 8.43. The highest BCUT2D eigenvalue weighted by Crippen LogP contribution is 2.35. The zero-order chi connectivity index (χ0) is 11.4. The Kier molecular flexibility index (Phi) is 3.24. The van der Waals surface area contributed by atoms with E-state index in [4.69, 9.17) is 11.3 Å². The topological polar surface area (TPSA) is 56.7 Å². The average Bonchev–Trinajstić information content (AvgIpc) is 2.26. The molecule has 0 radical (unpaired) electrons. The van der Waals surface area contributed by atoms with Crippen LogP contribution in [0.2, 0.25) is 0 Å². The van der Waals surface area contributed by atoms with Gasteiger partial charge in [0.05, 0.1) is 12.0 Å². The summed E-state index contributed by atoms with van der Waals surface area (Å²) in [6.45, 7) is 8.49. The first-order chi connectivity index (χ1) is 7.11. The van der Waals surface area contributed by atoms with Crippen molar-refractivity contribution in [3.63, 3.8) is 0 Å². The van der Waals surface area contributed by atoms with Gasteiger partial charge in [0, 0.05) is 6.92 Å². The van der Waals surface area contributed by atoms with E-state index in [1.165, 1.54) is 13.2 Å². The molecule has 0 heterocycles. The molecule has 0 aliphatic carbocycles. The van der Waals surface area contributed by atoms with Crippen LogP contribution in [0.15, 0.2) is 18.2 Å². The Morgan fingerprint density at radius 3 is 2.73 bits per heavy atom. The van der Waals surface area contributed by atoms with Crippen LogP contribution in [0.25, 0.3) is 4.85 Å². The lowest BCUT2D eigenvalue weighted by molar-refractivity contribution is -0.386. The third-order valence-electron chi connectivity index (χ3n) is 2.08. The number of nitro benzene ring substituents is 1. The largest absolute Gasteiger partial charge is 0.490 e. The van der Waals surface area contributed by atoms with E-state index in [1.807, 2.05) is 0 Å². The first-order valence-electron chi connectivity index (χ1n) is 4.29. The molecule has 0 N–H and O–H groups in total. The van der Waals surface area contributed by atoms with E-state index in [-0.39, 0.29) is 11.4 Å². The lowest BCUT2D eigenvalue weighted by Crippen LogP contribution is -2.00. The number of rotatable bonds is 3. The predicted octanol–water partition coefficient (Wildman–Crippen LogP) is 2.58. The van der Waals surface area contributed by atoms with Crippen molar-refractivity contribution in [1.82, 2.24) is 0 Å². The quantitative estimate of drug-likeness (QED) is 0.434. The molecule has 0 bridgehead atoms. The predicted molar refractivity (Wildman–Crippen MR) is 54.7 cm³/mol. The number of nitro groups is 1. The Morgan fingerprint density at radius 2 is 2.27 bits per heavy atom. The van der Waals surface area contributed by atoms with Crippen LogP contribution in [-0.2, 0) is 0 Å². The minimum Gasteiger partial charge on any atom is -0.490 e. The lowest BCUT2D eigenvalue weighted by Gasteiger charge is -2.05. The zero-order valence-corrected chi connectivity index (χ0v) is 8.43. The average molecular weight is 206 g/mol. The molecule has 15 heavy (non-hydrogen) atoms. The van der Waals surface area contributed by atoms with Crippen LogP contribution in [0.3, 0.4) is 0 Å². The van der Waals surface area contributed by atoms with Gasteiger partial charge in [0.25, 0.3) is 6.04 Å². The fourth-order valence-electron chi connectivity index (χ4n) is 1.31. The molecule has 5 nitrogen and oxygen atoms in total. The molecule has 0 aliphatic heterocycles. The first kappa shape index (κ1) is 11.0. The molecular weight excluding hydrogens is 196 g/mol. The van der Waals surface area contributed by atoms with Crippen LogP contribution in [0.4, 0.5) is 5.69 Å². The monoisotopic (exact) mass is 206 g/mol. The van der Waals surface area contributed by atoms with Crippen molar-refractivity contribution in [3.05, 3.63) is 45.3 Å². The SMILES string of the molecule is [C-]#[N+]C(C)c1cccc(OC)c1[N+](=O)[O-]. The molecule has 1 unspecified atom stereocenters. The molecule has 0 saturated heterocycles. The highest BCUT2D eigenvalue weighted by molar-refractivity contribution is 5.54. The maximum absolute atomic E-state index is 10.8. The van der Waals surface area contributed by atoms with Crippen molar-refractivity contribution in [2.45, 2.75) is 13.0 Å². The number of hydrogen-bond donors (Lipinski definition) is 0. The normalized spacial score (nSPS) is 11.5. The molecule has 0 saturated carbocycles. The van der Waals surface area contributed by atoms with E-state index in [0.29, 0.717) is 5.56 Å². The minimum atomic E-state index is -0.541. The molecule has 0 aliphatic rings. The van der Waals surface area contributed by atoms with Crippen LogP contribution < -0.4 is 4.74 Å². The van der Waals surface area contributed by atoms with Crippen LogP contribution in [-0.4, -0.2) is 12.0 Å². The Hall–Kier alpha value is -2.09. The molecule has 0 fully saturated rings. The molecule has 1 atom stereocenters. The van der Waals surface area contributed by atoms with E-state index in [2.05, 4.69) is 4.85 Å². The number of methoxy groups -OCH3 is 1. The van der Waals surface area contributed by atoms with Gasteiger partial charge in [-0.25, -0.2) is 6.57 Å². The number of nitrogens with zero attached hydrogens (tertiary/aromatic N) is 2. The van der Waals surface area contributed by atoms with Gasteiger partial charge in [-0.05, 0) is 12.1 Å². The molecule has 1 rings (SSSR count). The highest BCUT2D eigenvalue weighted by atomic mass is 16.6. The van der Waals surface area contributed by atoms with Crippen molar-refractivity contribution in [2.75, 3.05) is 7.11 Å². The number of hydrogen-bond acceptors (Lipinski definition) is 3. The summed E-state index contributed by atoms with van der Waals surface area (Å²) in [4.78, 5) is 13.6. The van der Waals surface area contributed by atoms with Crippen LogP contribution in [0, 0.1) is 16.7 Å². The molecule has 0 amide bonds. The Morgan fingerprint density at radius 1 is 1.60 bits per heavy atom. The summed E-state index contributed by atoms with van der Waals surface area (Å²) in [6.07, 6.45) is 0. The van der Waals surface area contributed by atoms with E-state index in [9.17, 15) is 10.1 Å². The van der Waals surface area contributed by atoms with Gasteiger partial charge in [-0.3, -0.25) is 10.1 Å². The van der Waals surface area contributed by atoms with Crippen molar-refractivity contribution < 1.29 is 9.66 Å². The van der Waals surface area contributed by atoms with E-state index >= 15 is 0 Å². The minimum absolute atomic E-state index is 0.122. The summed E-state index contributed by atoms with van der Waals surface area (Å²) in [6, 6.07) is 4.19. The fraction of sp³-hybridized carbons (Fsp3) is 0.300. The molecule has 0 spiro atoms. The Balaban J connectivity index is 3.39. The summed E-state index contributed by atoms with van der Waals surface area (Å²) in [5, 5.41) is 10.8.